The summed E-state index contributed by atoms with van der Waals surface area (Å²) in [5, 5.41) is 7.73. The Labute approximate surface area is 124 Å². The van der Waals surface area contributed by atoms with Crippen molar-refractivity contribution in [2.45, 2.75) is 9.92 Å². The molecular formula is C13H10ClN3S2. The molecule has 0 aliphatic rings. The van der Waals surface area contributed by atoms with Gasteiger partial charge in [-0.05, 0) is 23.6 Å². The summed E-state index contributed by atoms with van der Waals surface area (Å²) in [7, 11) is 1.82. The molecule has 2 heterocycles. The van der Waals surface area contributed by atoms with Crippen LogP contribution >= 0.6 is 34.7 Å². The summed E-state index contributed by atoms with van der Waals surface area (Å²) in [5.41, 5.74) is 0. The molecule has 0 aliphatic carbocycles. The second kappa shape index (κ2) is 5.36. The van der Waals surface area contributed by atoms with Gasteiger partial charge in [-0.2, -0.15) is 0 Å². The van der Waals surface area contributed by atoms with Crippen LogP contribution in [-0.4, -0.2) is 17.0 Å². The number of thiophene rings is 1. The van der Waals surface area contributed by atoms with Gasteiger partial charge < -0.3 is 5.32 Å². The molecule has 3 rings (SSSR count). The van der Waals surface area contributed by atoms with Crippen molar-refractivity contribution in [1.29, 1.82) is 0 Å². The second-order valence-corrected chi connectivity index (χ2v) is 6.11. The van der Waals surface area contributed by atoms with E-state index < -0.39 is 0 Å². The largest absolute Gasteiger partial charge is 0.357 e. The fourth-order valence-corrected chi connectivity index (χ4v) is 3.66. The molecule has 0 bridgehead atoms. The highest BCUT2D eigenvalue weighted by Gasteiger charge is 2.11. The molecule has 0 saturated heterocycles. The van der Waals surface area contributed by atoms with Crippen molar-refractivity contribution in [2.24, 2.45) is 0 Å². The highest BCUT2D eigenvalue weighted by molar-refractivity contribution is 7.99. The lowest BCUT2D eigenvalue weighted by Gasteiger charge is -2.06. The summed E-state index contributed by atoms with van der Waals surface area (Å²) in [4.78, 5) is 10.9. The van der Waals surface area contributed by atoms with Crippen molar-refractivity contribution < 1.29 is 0 Å². The Morgan fingerprint density at radius 1 is 1.21 bits per heavy atom. The van der Waals surface area contributed by atoms with E-state index in [9.17, 15) is 0 Å². The van der Waals surface area contributed by atoms with E-state index in [0.717, 1.165) is 25.2 Å². The fraction of sp³-hybridized carbons (Fsp3) is 0.0769. The van der Waals surface area contributed by atoms with Gasteiger partial charge in [-0.15, -0.1) is 11.3 Å². The van der Waals surface area contributed by atoms with Gasteiger partial charge in [-0.25, -0.2) is 9.97 Å². The highest BCUT2D eigenvalue weighted by atomic mass is 35.5. The Morgan fingerprint density at radius 3 is 2.84 bits per heavy atom. The van der Waals surface area contributed by atoms with Crippen molar-refractivity contribution >= 4 is 50.9 Å². The van der Waals surface area contributed by atoms with Crippen LogP contribution in [0, 0.1) is 0 Å². The number of benzene rings is 1. The van der Waals surface area contributed by atoms with Gasteiger partial charge in [-0.3, -0.25) is 0 Å². The molecular weight excluding hydrogens is 298 g/mol. The average molecular weight is 308 g/mol. The third-order valence-corrected chi connectivity index (χ3v) is 4.89. The van der Waals surface area contributed by atoms with Crippen molar-refractivity contribution in [3.8, 4) is 0 Å². The summed E-state index contributed by atoms with van der Waals surface area (Å²) in [6.07, 6.45) is 0. The molecule has 1 N–H and O–H groups in total. The summed E-state index contributed by atoms with van der Waals surface area (Å²) >= 11 is 9.37. The second-order valence-electron chi connectivity index (χ2n) is 3.77. The number of nitrogens with one attached hydrogen (secondary N) is 1. The van der Waals surface area contributed by atoms with E-state index in [4.69, 9.17) is 11.6 Å². The molecule has 96 valence electrons. The first-order chi connectivity index (χ1) is 9.28. The maximum absolute atomic E-state index is 6.20. The molecule has 2 aromatic heterocycles. The zero-order chi connectivity index (χ0) is 13.2. The van der Waals surface area contributed by atoms with E-state index in [2.05, 4.69) is 15.3 Å². The molecule has 3 aromatic rings. The van der Waals surface area contributed by atoms with Gasteiger partial charge in [-0.1, -0.05) is 35.5 Å². The third-order valence-electron chi connectivity index (χ3n) is 2.56. The van der Waals surface area contributed by atoms with Crippen molar-refractivity contribution in [1.82, 2.24) is 9.97 Å². The van der Waals surface area contributed by atoms with Gasteiger partial charge in [0.05, 0.1) is 5.02 Å². The molecule has 0 spiro atoms. The first-order valence-corrected chi connectivity index (χ1v) is 7.70. The zero-order valence-electron chi connectivity index (χ0n) is 10.1. The minimum absolute atomic E-state index is 0.629. The van der Waals surface area contributed by atoms with Crippen LogP contribution in [0.25, 0.3) is 10.2 Å². The first kappa shape index (κ1) is 12.7. The quantitative estimate of drug-likeness (QED) is 0.721. The Bertz CT molecular complexity index is 727. The van der Waals surface area contributed by atoms with Crippen LogP contribution in [-0.2, 0) is 0 Å². The van der Waals surface area contributed by atoms with Gasteiger partial charge in [0.1, 0.15) is 9.86 Å². The molecule has 1 aromatic carbocycles. The zero-order valence-corrected chi connectivity index (χ0v) is 12.4. The summed E-state index contributed by atoms with van der Waals surface area (Å²) < 4.78 is 0. The number of nitrogens with zero attached hydrogens (tertiary/aromatic N) is 2. The van der Waals surface area contributed by atoms with Crippen LogP contribution in [0.4, 0.5) is 5.95 Å². The van der Waals surface area contributed by atoms with E-state index in [0.29, 0.717) is 5.95 Å². The highest BCUT2D eigenvalue weighted by Crippen LogP contribution is 2.37. The third kappa shape index (κ3) is 2.54. The Balaban J connectivity index is 2.09. The molecule has 0 aliphatic heterocycles. The monoisotopic (exact) mass is 307 g/mol. The lowest BCUT2D eigenvalue weighted by molar-refractivity contribution is 1.10. The van der Waals surface area contributed by atoms with E-state index in [1.165, 1.54) is 0 Å². The molecule has 19 heavy (non-hydrogen) atoms. The van der Waals surface area contributed by atoms with Crippen LogP contribution in [0.1, 0.15) is 0 Å². The minimum Gasteiger partial charge on any atom is -0.357 e. The topological polar surface area (TPSA) is 37.8 Å². The summed E-state index contributed by atoms with van der Waals surface area (Å²) in [6, 6.07) is 9.81. The first-order valence-electron chi connectivity index (χ1n) is 5.63. The molecule has 0 saturated carbocycles. The van der Waals surface area contributed by atoms with Gasteiger partial charge >= 0.3 is 0 Å². The predicted molar refractivity (Wildman–Crippen MR) is 82.5 cm³/mol. The van der Waals surface area contributed by atoms with E-state index in [1.54, 1.807) is 23.1 Å². The van der Waals surface area contributed by atoms with Gasteiger partial charge in [0.15, 0.2) is 0 Å². The number of rotatable bonds is 3. The Morgan fingerprint density at radius 2 is 2.05 bits per heavy atom. The van der Waals surface area contributed by atoms with Crippen LogP contribution < -0.4 is 5.32 Å². The SMILES string of the molecule is CNc1nc(Sc2ccccc2Cl)c2ccsc2n1. The summed E-state index contributed by atoms with van der Waals surface area (Å²) in [5.74, 6) is 0.629. The molecule has 0 amide bonds. The standard InChI is InChI=1S/C13H10ClN3S2/c1-15-13-16-11-8(6-7-18-11)12(17-13)19-10-5-3-2-4-9(10)14/h2-7H,1H3,(H,15,16,17). The summed E-state index contributed by atoms with van der Waals surface area (Å²) in [6.45, 7) is 0. The fourth-order valence-electron chi connectivity index (χ4n) is 1.65. The predicted octanol–water partition coefficient (Wildman–Crippen LogP) is 4.54. The van der Waals surface area contributed by atoms with Gasteiger partial charge in [0.2, 0.25) is 5.95 Å². The lowest BCUT2D eigenvalue weighted by Crippen LogP contribution is -1.96. The number of hydrogen-bond acceptors (Lipinski definition) is 5. The molecule has 0 fully saturated rings. The van der Waals surface area contributed by atoms with Crippen molar-refractivity contribution in [2.75, 3.05) is 12.4 Å². The van der Waals surface area contributed by atoms with E-state index in [-0.39, 0.29) is 0 Å². The van der Waals surface area contributed by atoms with Crippen LogP contribution in [0.2, 0.25) is 5.02 Å². The smallest absolute Gasteiger partial charge is 0.224 e. The van der Waals surface area contributed by atoms with E-state index >= 15 is 0 Å². The minimum atomic E-state index is 0.629. The van der Waals surface area contributed by atoms with Crippen molar-refractivity contribution in [3.63, 3.8) is 0 Å². The number of halogens is 1. The number of aromatic nitrogens is 2. The Hall–Kier alpha value is -1.30. The van der Waals surface area contributed by atoms with E-state index in [1.807, 2.05) is 42.8 Å². The van der Waals surface area contributed by atoms with Crippen LogP contribution in [0.15, 0.2) is 45.6 Å². The normalized spacial score (nSPS) is 10.8. The molecule has 0 radical (unpaired) electrons. The maximum Gasteiger partial charge on any atom is 0.224 e. The maximum atomic E-state index is 6.20. The van der Waals surface area contributed by atoms with Crippen molar-refractivity contribution in [3.05, 3.63) is 40.7 Å². The molecule has 0 unspecified atom stereocenters. The average Bonchev–Trinajstić information content (AvgIpc) is 2.89. The Kier molecular flexibility index (Phi) is 3.59. The molecule has 0 atom stereocenters. The molecule has 3 nitrogen and oxygen atoms in total. The van der Waals surface area contributed by atoms with Gasteiger partial charge in [0.25, 0.3) is 0 Å². The number of hydrogen-bond donors (Lipinski definition) is 1. The van der Waals surface area contributed by atoms with Crippen LogP contribution in [0.3, 0.4) is 0 Å². The number of fused-ring (bicyclic) bond motifs is 1. The lowest BCUT2D eigenvalue weighted by atomic mass is 10.4. The molecule has 6 heteroatoms. The van der Waals surface area contributed by atoms with Gasteiger partial charge in [0, 0.05) is 17.3 Å². The number of anilines is 1. The van der Waals surface area contributed by atoms with Crippen LogP contribution in [0.5, 0.6) is 0 Å².